The molecule has 0 fully saturated rings. The standard InChI is InChI=1S/C23H19FN4O4S2/c24-14-3-8-21-17(11-14)18(9-10-33-21)25-22(29)13-1-4-15(5-2-13)28-34(31,32)16-6-7-19-20(12-16)27-23(30)26-19/h1-8,11-12,18,28H,9-10H2,(H,25,29)(H2,26,27,30)/t18-/m1/s1. The highest BCUT2D eigenvalue weighted by atomic mass is 32.2. The Balaban J connectivity index is 1.30. The quantitative estimate of drug-likeness (QED) is 0.334. The maximum Gasteiger partial charge on any atom is 0.323 e. The Morgan fingerprint density at radius 3 is 2.56 bits per heavy atom. The molecule has 1 aliphatic heterocycles. The van der Waals surface area contributed by atoms with Crippen molar-refractivity contribution in [3.05, 3.63) is 88.1 Å². The number of rotatable bonds is 5. The van der Waals surface area contributed by atoms with Crippen molar-refractivity contribution < 1.29 is 17.6 Å². The molecule has 8 nitrogen and oxygen atoms in total. The van der Waals surface area contributed by atoms with Gasteiger partial charge < -0.3 is 15.3 Å². The number of imidazole rings is 1. The molecule has 4 N–H and O–H groups in total. The normalized spacial score (nSPS) is 15.6. The summed E-state index contributed by atoms with van der Waals surface area (Å²) < 4.78 is 41.7. The summed E-state index contributed by atoms with van der Waals surface area (Å²) in [6, 6.07) is 14.6. The van der Waals surface area contributed by atoms with Crippen LogP contribution in [0, 0.1) is 5.82 Å². The van der Waals surface area contributed by atoms with Gasteiger partial charge in [0.25, 0.3) is 15.9 Å². The number of benzene rings is 3. The molecule has 1 atom stereocenters. The SMILES string of the molecule is O=C(N[C@@H]1CCSc2ccc(F)cc21)c1ccc(NS(=O)(=O)c2ccc3[nH]c(=O)[nH]c3c2)cc1. The maximum atomic E-state index is 13.7. The largest absolute Gasteiger partial charge is 0.345 e. The summed E-state index contributed by atoms with van der Waals surface area (Å²) in [5.74, 6) is 0.134. The van der Waals surface area contributed by atoms with Crippen LogP contribution in [0.4, 0.5) is 10.1 Å². The summed E-state index contributed by atoms with van der Waals surface area (Å²) >= 11 is 1.63. The fraction of sp³-hybridized carbons (Fsp3) is 0.130. The first-order valence-electron chi connectivity index (χ1n) is 10.4. The molecule has 0 radical (unpaired) electrons. The third kappa shape index (κ3) is 4.44. The molecule has 0 unspecified atom stereocenters. The van der Waals surface area contributed by atoms with Crippen molar-refractivity contribution in [2.45, 2.75) is 22.3 Å². The number of halogens is 1. The fourth-order valence-electron chi connectivity index (χ4n) is 3.84. The van der Waals surface area contributed by atoms with Crippen molar-refractivity contribution in [2.75, 3.05) is 10.5 Å². The topological polar surface area (TPSA) is 124 Å². The van der Waals surface area contributed by atoms with Gasteiger partial charge in [0.15, 0.2) is 0 Å². The molecule has 0 bridgehead atoms. The molecule has 3 aromatic carbocycles. The van der Waals surface area contributed by atoms with Crippen molar-refractivity contribution in [1.29, 1.82) is 0 Å². The van der Waals surface area contributed by atoms with Gasteiger partial charge in [-0.05, 0) is 72.6 Å². The molecule has 11 heteroatoms. The minimum absolute atomic E-state index is 0.0156. The number of aromatic nitrogens is 2. The Morgan fingerprint density at radius 1 is 1.00 bits per heavy atom. The predicted octanol–water partition coefficient (Wildman–Crippen LogP) is 3.76. The van der Waals surface area contributed by atoms with E-state index in [0.29, 0.717) is 23.0 Å². The van der Waals surface area contributed by atoms with Crippen LogP contribution in [0.1, 0.15) is 28.4 Å². The summed E-state index contributed by atoms with van der Waals surface area (Å²) in [6.07, 6.45) is 0.682. The van der Waals surface area contributed by atoms with Gasteiger partial charge in [-0.3, -0.25) is 9.52 Å². The highest BCUT2D eigenvalue weighted by Crippen LogP contribution is 2.36. The van der Waals surface area contributed by atoms with E-state index in [4.69, 9.17) is 0 Å². The molecule has 1 aromatic heterocycles. The Morgan fingerprint density at radius 2 is 1.76 bits per heavy atom. The summed E-state index contributed by atoms with van der Waals surface area (Å²) in [5, 5.41) is 2.94. The number of thioether (sulfide) groups is 1. The van der Waals surface area contributed by atoms with E-state index >= 15 is 0 Å². The lowest BCUT2D eigenvalue weighted by Crippen LogP contribution is -2.30. The molecule has 174 valence electrons. The van der Waals surface area contributed by atoms with Crippen molar-refractivity contribution in [2.24, 2.45) is 0 Å². The van der Waals surface area contributed by atoms with Gasteiger partial charge >= 0.3 is 5.69 Å². The van der Waals surface area contributed by atoms with Gasteiger partial charge in [-0.2, -0.15) is 0 Å². The summed E-state index contributed by atoms with van der Waals surface area (Å²) in [4.78, 5) is 30.2. The number of anilines is 1. The number of hydrogen-bond donors (Lipinski definition) is 4. The van der Waals surface area contributed by atoms with Crippen molar-refractivity contribution in [1.82, 2.24) is 15.3 Å². The minimum Gasteiger partial charge on any atom is -0.345 e. The third-order valence-electron chi connectivity index (χ3n) is 5.51. The van der Waals surface area contributed by atoms with E-state index in [0.717, 1.165) is 16.2 Å². The van der Waals surface area contributed by atoms with Crippen molar-refractivity contribution >= 4 is 44.4 Å². The molecule has 1 amide bonds. The molecular weight excluding hydrogens is 479 g/mol. The van der Waals surface area contributed by atoms with Crippen LogP contribution in [-0.4, -0.2) is 30.0 Å². The first-order chi connectivity index (χ1) is 16.3. The van der Waals surface area contributed by atoms with Crippen LogP contribution in [0.15, 0.2) is 75.2 Å². The average Bonchev–Trinajstić information content (AvgIpc) is 3.19. The van der Waals surface area contributed by atoms with Crippen LogP contribution < -0.4 is 15.7 Å². The monoisotopic (exact) mass is 498 g/mol. The molecule has 34 heavy (non-hydrogen) atoms. The van der Waals surface area contributed by atoms with Crippen LogP contribution >= 0.6 is 11.8 Å². The number of nitrogens with one attached hydrogen (secondary N) is 4. The first kappa shape index (κ1) is 22.2. The Labute approximate surface area is 198 Å². The second-order valence-electron chi connectivity index (χ2n) is 7.81. The Hall–Kier alpha value is -3.57. The second-order valence-corrected chi connectivity index (χ2v) is 10.6. The van der Waals surface area contributed by atoms with Gasteiger partial charge in [-0.1, -0.05) is 0 Å². The van der Waals surface area contributed by atoms with E-state index in [2.05, 4.69) is 20.0 Å². The molecule has 4 aromatic rings. The van der Waals surface area contributed by atoms with Gasteiger partial charge in [0.2, 0.25) is 0 Å². The third-order valence-corrected chi connectivity index (χ3v) is 8.02. The molecule has 1 aliphatic rings. The minimum atomic E-state index is -3.91. The zero-order valence-electron chi connectivity index (χ0n) is 17.6. The zero-order valence-corrected chi connectivity index (χ0v) is 19.2. The highest BCUT2D eigenvalue weighted by Gasteiger charge is 2.23. The molecule has 5 rings (SSSR count). The predicted molar refractivity (Wildman–Crippen MR) is 128 cm³/mol. The van der Waals surface area contributed by atoms with Crippen LogP contribution in [0.5, 0.6) is 0 Å². The van der Waals surface area contributed by atoms with E-state index < -0.39 is 15.7 Å². The summed E-state index contributed by atoms with van der Waals surface area (Å²) in [7, 11) is -3.91. The number of hydrogen-bond acceptors (Lipinski definition) is 5. The maximum absolute atomic E-state index is 13.7. The highest BCUT2D eigenvalue weighted by molar-refractivity contribution is 7.99. The first-order valence-corrected chi connectivity index (χ1v) is 12.8. The summed E-state index contributed by atoms with van der Waals surface area (Å²) in [5.41, 5.74) is 1.84. The van der Waals surface area contributed by atoms with Gasteiger partial charge in [0, 0.05) is 21.9 Å². The number of H-pyrrole nitrogens is 2. The van der Waals surface area contributed by atoms with Crippen LogP contribution in [0.3, 0.4) is 0 Å². The lowest BCUT2D eigenvalue weighted by Gasteiger charge is -2.26. The number of aromatic amines is 2. The molecule has 2 heterocycles. The fourth-order valence-corrected chi connectivity index (χ4v) is 6.03. The van der Waals surface area contributed by atoms with Crippen LogP contribution in [0.2, 0.25) is 0 Å². The van der Waals surface area contributed by atoms with E-state index in [-0.39, 0.29) is 28.3 Å². The number of carbonyl (C=O) groups is 1. The van der Waals surface area contributed by atoms with Gasteiger partial charge in [0.05, 0.1) is 22.0 Å². The zero-order chi connectivity index (χ0) is 23.9. The number of amides is 1. The van der Waals surface area contributed by atoms with Crippen molar-refractivity contribution in [3.63, 3.8) is 0 Å². The Kier molecular flexibility index (Phi) is 5.66. The number of fused-ring (bicyclic) bond motifs is 2. The van der Waals surface area contributed by atoms with E-state index in [1.165, 1.54) is 54.6 Å². The van der Waals surface area contributed by atoms with Crippen LogP contribution in [0.25, 0.3) is 11.0 Å². The average molecular weight is 499 g/mol. The number of sulfonamides is 1. The van der Waals surface area contributed by atoms with Gasteiger partial charge in [-0.25, -0.2) is 17.6 Å². The molecule has 0 aliphatic carbocycles. The van der Waals surface area contributed by atoms with E-state index in [9.17, 15) is 22.4 Å². The van der Waals surface area contributed by atoms with Gasteiger partial charge in [-0.15, -0.1) is 11.8 Å². The van der Waals surface area contributed by atoms with E-state index in [1.54, 1.807) is 17.8 Å². The lowest BCUT2D eigenvalue weighted by molar-refractivity contribution is 0.0935. The molecule has 0 saturated heterocycles. The van der Waals surface area contributed by atoms with Gasteiger partial charge in [0.1, 0.15) is 5.82 Å². The Bertz CT molecular complexity index is 1560. The van der Waals surface area contributed by atoms with Crippen LogP contribution in [-0.2, 0) is 10.0 Å². The number of carbonyl (C=O) groups excluding carboxylic acids is 1. The van der Waals surface area contributed by atoms with E-state index in [1.807, 2.05) is 0 Å². The molecule has 0 saturated carbocycles. The smallest absolute Gasteiger partial charge is 0.323 e. The second kappa shape index (κ2) is 8.65. The lowest BCUT2D eigenvalue weighted by atomic mass is 10.0. The van der Waals surface area contributed by atoms with Crippen molar-refractivity contribution in [3.8, 4) is 0 Å². The summed E-state index contributed by atoms with van der Waals surface area (Å²) in [6.45, 7) is 0. The molecule has 0 spiro atoms. The molecular formula is C23H19FN4O4S2.